The third-order valence-corrected chi connectivity index (χ3v) is 2.54. The summed E-state index contributed by atoms with van der Waals surface area (Å²) < 4.78 is 1.73. The van der Waals surface area contributed by atoms with Crippen LogP contribution in [0.4, 0.5) is 0 Å². The zero-order chi connectivity index (χ0) is 11.7. The van der Waals surface area contributed by atoms with Crippen molar-refractivity contribution in [2.75, 3.05) is 0 Å². The Hall–Kier alpha value is -2.10. The summed E-state index contributed by atoms with van der Waals surface area (Å²) in [5, 5.41) is 4.32. The van der Waals surface area contributed by atoms with Crippen molar-refractivity contribution in [2.24, 2.45) is 5.73 Å². The summed E-state index contributed by atoms with van der Waals surface area (Å²) in [7, 11) is 0. The van der Waals surface area contributed by atoms with Crippen molar-refractivity contribution in [3.05, 3.63) is 47.3 Å². The van der Waals surface area contributed by atoms with Crippen molar-refractivity contribution >= 4 is 5.91 Å². The van der Waals surface area contributed by atoms with Crippen molar-refractivity contribution in [1.82, 2.24) is 9.78 Å². The summed E-state index contributed by atoms with van der Waals surface area (Å²) >= 11 is 0. The van der Waals surface area contributed by atoms with E-state index in [4.69, 9.17) is 5.73 Å². The highest BCUT2D eigenvalue weighted by Crippen LogP contribution is 2.16. The number of carbonyl (C=O) groups excluding carboxylic acids is 1. The second kappa shape index (κ2) is 3.81. The zero-order valence-electron chi connectivity index (χ0n) is 9.27. The van der Waals surface area contributed by atoms with Crippen LogP contribution in [0.25, 0.3) is 5.69 Å². The van der Waals surface area contributed by atoms with Gasteiger partial charge in [-0.1, -0.05) is 18.2 Å². The van der Waals surface area contributed by atoms with Crippen LogP contribution in [0.15, 0.2) is 30.3 Å². The molecular formula is C12H13N3O. The molecule has 0 aliphatic heterocycles. The van der Waals surface area contributed by atoms with Gasteiger partial charge in [0.2, 0.25) is 0 Å². The Kier molecular flexibility index (Phi) is 2.48. The van der Waals surface area contributed by atoms with E-state index in [1.54, 1.807) is 11.6 Å². The molecule has 1 aromatic carbocycles. The summed E-state index contributed by atoms with van der Waals surface area (Å²) in [5.74, 6) is -0.433. The van der Waals surface area contributed by atoms with Crippen LogP contribution in [0.3, 0.4) is 0 Å². The first-order valence-corrected chi connectivity index (χ1v) is 5.02. The van der Waals surface area contributed by atoms with E-state index >= 15 is 0 Å². The second-order valence-electron chi connectivity index (χ2n) is 3.66. The number of aryl methyl sites for hydroxylation is 1. The number of primary amides is 1. The van der Waals surface area contributed by atoms with Gasteiger partial charge < -0.3 is 5.73 Å². The van der Waals surface area contributed by atoms with E-state index in [2.05, 4.69) is 5.10 Å². The van der Waals surface area contributed by atoms with E-state index in [1.165, 1.54) is 0 Å². The van der Waals surface area contributed by atoms with Gasteiger partial charge >= 0.3 is 0 Å². The maximum atomic E-state index is 11.3. The van der Waals surface area contributed by atoms with Crippen molar-refractivity contribution < 1.29 is 4.79 Å². The van der Waals surface area contributed by atoms with Gasteiger partial charge in [0.05, 0.1) is 22.6 Å². The topological polar surface area (TPSA) is 60.9 Å². The van der Waals surface area contributed by atoms with Gasteiger partial charge in [-0.25, -0.2) is 4.68 Å². The Bertz CT molecular complexity index is 529. The van der Waals surface area contributed by atoms with Crippen LogP contribution in [0.5, 0.6) is 0 Å². The largest absolute Gasteiger partial charge is 0.365 e. The van der Waals surface area contributed by atoms with E-state index in [0.717, 1.165) is 11.4 Å². The van der Waals surface area contributed by atoms with Gasteiger partial charge in [-0.15, -0.1) is 0 Å². The number of aromatic nitrogens is 2. The number of nitrogens with two attached hydrogens (primary N) is 1. The predicted octanol–water partition coefficient (Wildman–Crippen LogP) is 1.59. The minimum atomic E-state index is -0.433. The Morgan fingerprint density at radius 1 is 1.25 bits per heavy atom. The molecular weight excluding hydrogens is 202 g/mol. The molecule has 0 aliphatic carbocycles. The van der Waals surface area contributed by atoms with Gasteiger partial charge in [0.25, 0.3) is 5.91 Å². The Morgan fingerprint density at radius 2 is 1.88 bits per heavy atom. The summed E-state index contributed by atoms with van der Waals surface area (Å²) in [6, 6.07) is 9.66. The lowest BCUT2D eigenvalue weighted by molar-refractivity contribution is 0.0999. The molecule has 0 saturated heterocycles. The second-order valence-corrected chi connectivity index (χ2v) is 3.66. The molecule has 1 heterocycles. The number of carbonyl (C=O) groups is 1. The fourth-order valence-corrected chi connectivity index (χ4v) is 1.82. The van der Waals surface area contributed by atoms with Crippen LogP contribution >= 0.6 is 0 Å². The Morgan fingerprint density at radius 3 is 2.38 bits per heavy atom. The number of para-hydroxylation sites is 1. The highest BCUT2D eigenvalue weighted by atomic mass is 16.1. The van der Waals surface area contributed by atoms with Gasteiger partial charge in [0.15, 0.2) is 0 Å². The molecule has 82 valence electrons. The molecule has 0 spiro atoms. The molecule has 4 heteroatoms. The SMILES string of the molecule is Cc1nn(-c2ccccc2)c(C)c1C(N)=O. The van der Waals surface area contributed by atoms with Gasteiger partial charge in [-0.05, 0) is 26.0 Å². The molecule has 1 amide bonds. The number of hydrogen-bond acceptors (Lipinski definition) is 2. The molecule has 0 bridgehead atoms. The van der Waals surface area contributed by atoms with E-state index in [9.17, 15) is 4.79 Å². The number of amides is 1. The van der Waals surface area contributed by atoms with Crippen LogP contribution in [-0.2, 0) is 0 Å². The molecule has 4 nitrogen and oxygen atoms in total. The van der Waals surface area contributed by atoms with Gasteiger partial charge in [-0.2, -0.15) is 5.10 Å². The summed E-state index contributed by atoms with van der Waals surface area (Å²) in [4.78, 5) is 11.3. The standard InChI is InChI=1S/C12H13N3O/c1-8-11(12(13)16)9(2)15(14-8)10-6-4-3-5-7-10/h3-7H,1-2H3,(H2,13,16). The van der Waals surface area contributed by atoms with E-state index in [0.29, 0.717) is 11.3 Å². The third-order valence-electron chi connectivity index (χ3n) is 2.54. The molecule has 16 heavy (non-hydrogen) atoms. The van der Waals surface area contributed by atoms with Crippen LogP contribution in [0.2, 0.25) is 0 Å². The Labute approximate surface area is 93.7 Å². The molecule has 2 rings (SSSR count). The van der Waals surface area contributed by atoms with Gasteiger partial charge in [0, 0.05) is 0 Å². The smallest absolute Gasteiger partial charge is 0.252 e. The predicted molar refractivity (Wildman–Crippen MR) is 61.6 cm³/mol. The lowest BCUT2D eigenvalue weighted by Gasteiger charge is -2.03. The fourth-order valence-electron chi connectivity index (χ4n) is 1.82. The average Bonchev–Trinajstić information content (AvgIpc) is 2.55. The van der Waals surface area contributed by atoms with Gasteiger partial charge in [-0.3, -0.25) is 4.79 Å². The van der Waals surface area contributed by atoms with Crippen molar-refractivity contribution in [3.8, 4) is 5.69 Å². The van der Waals surface area contributed by atoms with Gasteiger partial charge in [0.1, 0.15) is 0 Å². The lowest BCUT2D eigenvalue weighted by Crippen LogP contribution is -2.13. The fraction of sp³-hybridized carbons (Fsp3) is 0.167. The Balaban J connectivity index is 2.61. The van der Waals surface area contributed by atoms with E-state index in [-0.39, 0.29) is 0 Å². The summed E-state index contributed by atoms with van der Waals surface area (Å²) in [6.07, 6.45) is 0. The quantitative estimate of drug-likeness (QED) is 0.826. The highest BCUT2D eigenvalue weighted by Gasteiger charge is 2.16. The molecule has 2 N–H and O–H groups in total. The van der Waals surface area contributed by atoms with Crippen LogP contribution in [0.1, 0.15) is 21.7 Å². The third kappa shape index (κ3) is 1.58. The molecule has 1 aromatic heterocycles. The van der Waals surface area contributed by atoms with Crippen molar-refractivity contribution in [3.63, 3.8) is 0 Å². The number of hydrogen-bond donors (Lipinski definition) is 1. The molecule has 0 unspecified atom stereocenters. The van der Waals surface area contributed by atoms with Crippen LogP contribution < -0.4 is 5.73 Å². The molecule has 2 aromatic rings. The molecule has 0 atom stereocenters. The molecule has 0 fully saturated rings. The molecule has 0 saturated carbocycles. The highest BCUT2D eigenvalue weighted by molar-refractivity contribution is 5.95. The number of rotatable bonds is 2. The summed E-state index contributed by atoms with van der Waals surface area (Å²) in [6.45, 7) is 3.62. The summed E-state index contributed by atoms with van der Waals surface area (Å²) in [5.41, 5.74) is 8.18. The first kappa shape index (κ1) is 10.4. The first-order chi connectivity index (χ1) is 7.61. The monoisotopic (exact) mass is 215 g/mol. The maximum absolute atomic E-state index is 11.3. The minimum absolute atomic E-state index is 0.433. The van der Waals surface area contributed by atoms with Crippen LogP contribution in [0, 0.1) is 13.8 Å². The number of benzene rings is 1. The van der Waals surface area contributed by atoms with Crippen molar-refractivity contribution in [2.45, 2.75) is 13.8 Å². The lowest BCUT2D eigenvalue weighted by atomic mass is 10.2. The normalized spacial score (nSPS) is 10.4. The molecule has 0 radical (unpaired) electrons. The first-order valence-electron chi connectivity index (χ1n) is 5.02. The van der Waals surface area contributed by atoms with Crippen molar-refractivity contribution in [1.29, 1.82) is 0 Å². The van der Waals surface area contributed by atoms with E-state index in [1.807, 2.05) is 37.3 Å². The van der Waals surface area contributed by atoms with E-state index < -0.39 is 5.91 Å². The number of nitrogens with zero attached hydrogens (tertiary/aromatic N) is 2. The maximum Gasteiger partial charge on any atom is 0.252 e. The average molecular weight is 215 g/mol. The molecule has 0 aliphatic rings. The zero-order valence-corrected chi connectivity index (χ0v) is 9.27. The van der Waals surface area contributed by atoms with Crippen LogP contribution in [-0.4, -0.2) is 15.7 Å². The minimum Gasteiger partial charge on any atom is -0.365 e.